The molecule has 0 aliphatic heterocycles. The van der Waals surface area contributed by atoms with E-state index in [2.05, 4.69) is 30.3 Å². The molecule has 2 aromatic heterocycles. The van der Waals surface area contributed by atoms with Gasteiger partial charge in [0, 0.05) is 60.9 Å². The number of aromatic nitrogens is 1. The van der Waals surface area contributed by atoms with Crippen molar-refractivity contribution in [2.75, 3.05) is 0 Å². The first-order valence-electron chi connectivity index (χ1n) is 19.7. The molecule has 0 amide bonds. The van der Waals surface area contributed by atoms with Crippen molar-refractivity contribution in [3.8, 4) is 22.6 Å². The number of hydrogen-bond acceptors (Lipinski definition) is 4. The summed E-state index contributed by atoms with van der Waals surface area (Å²) in [5.41, 5.74) is 3.39. The molecule has 4 nitrogen and oxygen atoms in total. The number of furan rings is 1. The number of halogens is 3. The third kappa shape index (κ3) is 10.6. The van der Waals surface area contributed by atoms with Crippen molar-refractivity contribution < 1.29 is 47.6 Å². The molecule has 1 N–H and O–H groups in total. The number of fused-ring (bicyclic) bond motifs is 2. The summed E-state index contributed by atoms with van der Waals surface area (Å²) in [6, 6.07) is 25.3. The molecule has 0 spiro atoms. The van der Waals surface area contributed by atoms with Crippen molar-refractivity contribution in [3.05, 3.63) is 102 Å². The van der Waals surface area contributed by atoms with E-state index in [0.717, 1.165) is 53.3 Å². The summed E-state index contributed by atoms with van der Waals surface area (Å²) in [5, 5.41) is 13.0. The van der Waals surface area contributed by atoms with E-state index in [1.54, 1.807) is 18.3 Å². The Morgan fingerprint density at radius 1 is 0.909 bits per heavy atom. The quantitative estimate of drug-likeness (QED) is 0.0769. The normalized spacial score (nSPS) is 14.3. The van der Waals surface area contributed by atoms with Gasteiger partial charge in [-0.3, -0.25) is 9.78 Å². The Kier molecular flexibility index (Phi) is 15.5. The molecule has 1 saturated carbocycles. The summed E-state index contributed by atoms with van der Waals surface area (Å²) >= 11 is 0. The number of allylic oxidation sites excluding steroid dienone is 2. The number of carbonyl (C=O) groups is 1. The van der Waals surface area contributed by atoms with Gasteiger partial charge in [-0.1, -0.05) is 114 Å². The fourth-order valence-corrected chi connectivity index (χ4v) is 7.61. The number of nitrogens with zero attached hydrogens (tertiary/aromatic N) is 1. The number of benzene rings is 3. The Morgan fingerprint density at radius 2 is 1.55 bits per heavy atom. The van der Waals surface area contributed by atoms with E-state index >= 15 is 0 Å². The molecule has 0 bridgehead atoms. The number of aliphatic hydroxyl groups is 1. The van der Waals surface area contributed by atoms with Crippen LogP contribution in [-0.4, -0.2) is 22.1 Å². The number of hydrogen-bond donors (Lipinski definition) is 1. The van der Waals surface area contributed by atoms with Gasteiger partial charge in [-0.05, 0) is 68.6 Å². The van der Waals surface area contributed by atoms with Gasteiger partial charge in [0.1, 0.15) is 11.3 Å². The smallest absolute Gasteiger partial charge is 0.394 e. The number of alkyl halides is 3. The Bertz CT molecular complexity index is 2030. The van der Waals surface area contributed by atoms with Crippen LogP contribution in [0.25, 0.3) is 44.3 Å². The van der Waals surface area contributed by atoms with Crippen LogP contribution in [0.1, 0.15) is 116 Å². The van der Waals surface area contributed by atoms with Crippen LogP contribution in [0.2, 0.25) is 0 Å². The molecule has 1 aliphatic carbocycles. The molecule has 5 aromatic rings. The summed E-state index contributed by atoms with van der Waals surface area (Å²) in [4.78, 5) is 16.4. The van der Waals surface area contributed by atoms with Crippen LogP contribution in [0.4, 0.5) is 13.2 Å². The SMILES string of the molecule is CC(C)(Cc1ccc(-c2cc3ccnc(-c4[c-]c5ccccc5c(C5CCCCC5)c4)c3o2)cc1)C(F)(F)F.CCC(CC)C(=O)/C=C(\O)C(CC)CC.[Ir]. The van der Waals surface area contributed by atoms with Crippen LogP contribution < -0.4 is 0 Å². The third-order valence-electron chi connectivity index (χ3n) is 11.3. The Hall–Kier alpha value is -3.74. The molecule has 297 valence electrons. The van der Waals surface area contributed by atoms with Crippen LogP contribution >= 0.6 is 0 Å². The van der Waals surface area contributed by atoms with Crippen LogP contribution in [-0.2, 0) is 31.3 Å². The molecular weight excluding hydrogens is 876 g/mol. The predicted octanol–water partition coefficient (Wildman–Crippen LogP) is 14.2. The number of aliphatic hydroxyl groups excluding tert-OH is 1. The zero-order chi connectivity index (χ0) is 39.0. The van der Waals surface area contributed by atoms with Crippen molar-refractivity contribution >= 4 is 27.5 Å². The average molecular weight is 931 g/mol. The van der Waals surface area contributed by atoms with E-state index in [1.807, 2.05) is 58.0 Å². The van der Waals surface area contributed by atoms with E-state index in [4.69, 9.17) is 9.40 Å². The van der Waals surface area contributed by atoms with Gasteiger partial charge in [-0.2, -0.15) is 13.2 Å². The van der Waals surface area contributed by atoms with Crippen LogP contribution in [0.15, 0.2) is 89.2 Å². The van der Waals surface area contributed by atoms with Gasteiger partial charge < -0.3 is 9.52 Å². The van der Waals surface area contributed by atoms with E-state index in [1.165, 1.54) is 63.0 Å². The molecule has 3 aromatic carbocycles. The minimum Gasteiger partial charge on any atom is -0.512 e. The Labute approximate surface area is 338 Å². The number of pyridine rings is 1. The minimum atomic E-state index is -4.26. The molecule has 0 atom stereocenters. The van der Waals surface area contributed by atoms with Gasteiger partial charge in [0.2, 0.25) is 0 Å². The topological polar surface area (TPSA) is 63.3 Å². The van der Waals surface area contributed by atoms with E-state index in [0.29, 0.717) is 22.8 Å². The van der Waals surface area contributed by atoms with Crippen LogP contribution in [0.5, 0.6) is 0 Å². The van der Waals surface area contributed by atoms with E-state index < -0.39 is 11.6 Å². The summed E-state index contributed by atoms with van der Waals surface area (Å²) < 4.78 is 46.4. The first kappa shape index (κ1) is 44.0. The summed E-state index contributed by atoms with van der Waals surface area (Å²) in [5.74, 6) is 1.74. The largest absolute Gasteiger partial charge is 0.512 e. The standard InChI is InChI=1S/C34H31F3NO.C13H24O2.Ir/c1-33(2,34(35,36)37)21-22-12-14-24(15-13-22)30-20-26-16-17-38-31(32(26)39-30)27-18-25-10-6-7-11-28(25)29(19-27)23-8-4-3-5-9-23;1-5-10(6-2)12(14)9-13(15)11(7-3)8-4;/h6-7,10-17,19-20,23H,3-5,8-9,21H2,1-2H3;9-11,14H,5-8H2,1-4H3;/q-1;;/b;12-9-;. The van der Waals surface area contributed by atoms with E-state index in [-0.39, 0.29) is 49.9 Å². The molecule has 55 heavy (non-hydrogen) atoms. The van der Waals surface area contributed by atoms with E-state index in [9.17, 15) is 23.1 Å². The first-order valence-corrected chi connectivity index (χ1v) is 19.7. The molecular formula is C47H55F3IrNO3-. The maximum Gasteiger partial charge on any atom is 0.394 e. The van der Waals surface area contributed by atoms with Crippen LogP contribution in [0.3, 0.4) is 0 Å². The summed E-state index contributed by atoms with van der Waals surface area (Å²) in [6.45, 7) is 10.5. The zero-order valence-electron chi connectivity index (χ0n) is 33.0. The second kappa shape index (κ2) is 19.4. The van der Waals surface area contributed by atoms with Crippen molar-refractivity contribution in [3.63, 3.8) is 0 Å². The summed E-state index contributed by atoms with van der Waals surface area (Å²) in [6.07, 6.45) is 8.59. The molecule has 6 rings (SSSR count). The average Bonchev–Trinajstić information content (AvgIpc) is 3.60. The molecule has 1 aliphatic rings. The number of rotatable bonds is 12. The molecule has 8 heteroatoms. The second-order valence-corrected chi connectivity index (χ2v) is 15.5. The Balaban J connectivity index is 0.000000360. The van der Waals surface area contributed by atoms with Crippen molar-refractivity contribution in [1.29, 1.82) is 0 Å². The Morgan fingerprint density at radius 3 is 2.16 bits per heavy atom. The zero-order valence-corrected chi connectivity index (χ0v) is 35.4. The molecule has 1 fully saturated rings. The number of carbonyl (C=O) groups excluding carboxylic acids is 1. The number of ketones is 1. The first-order chi connectivity index (χ1) is 25.8. The van der Waals surface area contributed by atoms with Gasteiger partial charge in [0.05, 0.1) is 11.2 Å². The van der Waals surface area contributed by atoms with Crippen molar-refractivity contribution in [2.24, 2.45) is 17.3 Å². The fourth-order valence-electron chi connectivity index (χ4n) is 7.61. The predicted molar refractivity (Wildman–Crippen MR) is 214 cm³/mol. The summed E-state index contributed by atoms with van der Waals surface area (Å²) in [7, 11) is 0. The molecule has 1 radical (unpaired) electrons. The monoisotopic (exact) mass is 931 g/mol. The van der Waals surface area contributed by atoms with Crippen LogP contribution in [0, 0.1) is 23.3 Å². The molecule has 2 heterocycles. The molecule has 0 unspecified atom stereocenters. The van der Waals surface area contributed by atoms with Gasteiger partial charge in [-0.15, -0.1) is 29.1 Å². The van der Waals surface area contributed by atoms with Gasteiger partial charge >= 0.3 is 6.18 Å². The van der Waals surface area contributed by atoms with Crippen molar-refractivity contribution in [1.82, 2.24) is 4.98 Å². The maximum absolute atomic E-state index is 13.4. The fraction of sp³-hybridized carbons (Fsp3) is 0.447. The van der Waals surface area contributed by atoms with Gasteiger partial charge in [0.25, 0.3) is 0 Å². The van der Waals surface area contributed by atoms with Gasteiger partial charge in [-0.25, -0.2) is 0 Å². The minimum absolute atomic E-state index is 0. The molecule has 0 saturated heterocycles. The maximum atomic E-state index is 13.4. The second-order valence-electron chi connectivity index (χ2n) is 15.5. The van der Waals surface area contributed by atoms with Crippen molar-refractivity contribution in [2.45, 2.75) is 118 Å². The van der Waals surface area contributed by atoms with Gasteiger partial charge in [0.15, 0.2) is 5.78 Å². The third-order valence-corrected chi connectivity index (χ3v) is 11.3.